The molecule has 0 aliphatic carbocycles. The fourth-order valence-electron chi connectivity index (χ4n) is 2.75. The van der Waals surface area contributed by atoms with Crippen molar-refractivity contribution in [1.29, 1.82) is 0 Å². The Labute approximate surface area is 118 Å². The van der Waals surface area contributed by atoms with E-state index in [1.165, 1.54) is 55.3 Å². The molecule has 4 heteroatoms. The van der Waals surface area contributed by atoms with Gasteiger partial charge in [-0.15, -0.1) is 11.3 Å². The van der Waals surface area contributed by atoms with Gasteiger partial charge in [0.1, 0.15) is 0 Å². The highest BCUT2D eigenvalue weighted by atomic mass is 32.2. The molecule has 0 unspecified atom stereocenters. The SMILES string of the molecule is c1c(CNCCN2CCCC2)sc2c1CSCC2. The molecule has 1 fully saturated rings. The summed E-state index contributed by atoms with van der Waals surface area (Å²) in [5.74, 6) is 2.55. The number of thioether (sulfide) groups is 1. The number of likely N-dealkylation sites (tertiary alicyclic amines) is 1. The standard InChI is InChI=1S/C14H22N2S2/c1-2-6-16(5-1)7-4-15-10-13-9-12-11-17-8-3-14(12)18-13/h9,15H,1-8,10-11H2. The lowest BCUT2D eigenvalue weighted by molar-refractivity contribution is 0.336. The largest absolute Gasteiger partial charge is 0.311 e. The molecular weight excluding hydrogens is 260 g/mol. The van der Waals surface area contributed by atoms with Gasteiger partial charge in [0.05, 0.1) is 0 Å². The minimum absolute atomic E-state index is 1.07. The fourth-order valence-corrected chi connectivity index (χ4v) is 5.10. The average Bonchev–Trinajstić information content (AvgIpc) is 3.03. The van der Waals surface area contributed by atoms with Crippen LogP contribution in [-0.4, -0.2) is 36.8 Å². The number of hydrogen-bond acceptors (Lipinski definition) is 4. The molecular formula is C14H22N2S2. The van der Waals surface area contributed by atoms with E-state index in [2.05, 4.69) is 28.0 Å². The summed E-state index contributed by atoms with van der Waals surface area (Å²) in [4.78, 5) is 5.75. The second-order valence-corrected chi connectivity index (χ2v) is 7.52. The highest BCUT2D eigenvalue weighted by Gasteiger charge is 2.13. The molecule has 3 rings (SSSR count). The van der Waals surface area contributed by atoms with Crippen LogP contribution in [0.25, 0.3) is 0 Å². The highest BCUT2D eigenvalue weighted by Crippen LogP contribution is 2.31. The molecule has 1 saturated heterocycles. The van der Waals surface area contributed by atoms with E-state index in [-0.39, 0.29) is 0 Å². The number of rotatable bonds is 5. The first-order valence-corrected chi connectivity index (χ1v) is 9.00. The Kier molecular flexibility index (Phi) is 4.63. The third kappa shape index (κ3) is 3.29. The summed E-state index contributed by atoms with van der Waals surface area (Å²) in [6.45, 7) is 6.05. The summed E-state index contributed by atoms with van der Waals surface area (Å²) in [5.41, 5.74) is 1.60. The van der Waals surface area contributed by atoms with E-state index in [4.69, 9.17) is 0 Å². The number of hydrogen-bond donors (Lipinski definition) is 1. The molecule has 0 amide bonds. The van der Waals surface area contributed by atoms with Crippen molar-refractivity contribution in [3.63, 3.8) is 0 Å². The Morgan fingerprint density at radius 3 is 3.00 bits per heavy atom. The predicted molar refractivity (Wildman–Crippen MR) is 81.6 cm³/mol. The van der Waals surface area contributed by atoms with Gasteiger partial charge in [-0.05, 0) is 49.7 Å². The van der Waals surface area contributed by atoms with Gasteiger partial charge in [-0.3, -0.25) is 0 Å². The van der Waals surface area contributed by atoms with Crippen molar-refractivity contribution >= 4 is 23.1 Å². The van der Waals surface area contributed by atoms with Crippen molar-refractivity contribution < 1.29 is 0 Å². The topological polar surface area (TPSA) is 15.3 Å². The van der Waals surface area contributed by atoms with Crippen LogP contribution in [0.3, 0.4) is 0 Å². The van der Waals surface area contributed by atoms with E-state index in [0.717, 1.165) is 13.1 Å². The first-order chi connectivity index (χ1) is 8.92. The molecule has 0 spiro atoms. The van der Waals surface area contributed by atoms with E-state index >= 15 is 0 Å². The molecule has 18 heavy (non-hydrogen) atoms. The quantitative estimate of drug-likeness (QED) is 0.836. The lowest BCUT2D eigenvalue weighted by Crippen LogP contribution is -2.29. The summed E-state index contributed by atoms with van der Waals surface area (Å²) < 4.78 is 0. The zero-order valence-corrected chi connectivity index (χ0v) is 12.5. The molecule has 0 aromatic carbocycles. The second kappa shape index (κ2) is 6.42. The smallest absolute Gasteiger partial charge is 0.0300 e. The Morgan fingerprint density at radius 2 is 2.17 bits per heavy atom. The van der Waals surface area contributed by atoms with Crippen molar-refractivity contribution in [2.75, 3.05) is 31.9 Å². The van der Waals surface area contributed by atoms with Crippen LogP contribution in [0, 0.1) is 0 Å². The lowest BCUT2D eigenvalue weighted by atomic mass is 10.2. The first kappa shape index (κ1) is 13.0. The van der Waals surface area contributed by atoms with Crippen molar-refractivity contribution in [2.45, 2.75) is 31.6 Å². The molecule has 0 atom stereocenters. The number of nitrogens with one attached hydrogen (secondary N) is 1. The fraction of sp³-hybridized carbons (Fsp3) is 0.714. The molecule has 2 aliphatic rings. The van der Waals surface area contributed by atoms with E-state index in [1.54, 1.807) is 10.4 Å². The third-order valence-electron chi connectivity index (χ3n) is 3.78. The number of nitrogens with zero attached hydrogens (tertiary/aromatic N) is 1. The van der Waals surface area contributed by atoms with Gasteiger partial charge in [0.2, 0.25) is 0 Å². The zero-order valence-electron chi connectivity index (χ0n) is 10.9. The molecule has 2 nitrogen and oxygen atoms in total. The summed E-state index contributed by atoms with van der Waals surface area (Å²) in [7, 11) is 0. The van der Waals surface area contributed by atoms with Crippen LogP contribution >= 0.6 is 23.1 Å². The maximum absolute atomic E-state index is 3.60. The molecule has 0 radical (unpaired) electrons. The third-order valence-corrected chi connectivity index (χ3v) is 6.03. The summed E-state index contributed by atoms with van der Waals surface area (Å²) in [5, 5.41) is 3.60. The van der Waals surface area contributed by atoms with Gasteiger partial charge in [-0.1, -0.05) is 0 Å². The van der Waals surface area contributed by atoms with Crippen LogP contribution in [-0.2, 0) is 18.7 Å². The van der Waals surface area contributed by atoms with Gasteiger partial charge < -0.3 is 10.2 Å². The van der Waals surface area contributed by atoms with E-state index in [0.29, 0.717) is 0 Å². The molecule has 3 heterocycles. The van der Waals surface area contributed by atoms with Crippen molar-refractivity contribution in [3.8, 4) is 0 Å². The first-order valence-electron chi connectivity index (χ1n) is 7.03. The molecule has 2 aliphatic heterocycles. The van der Waals surface area contributed by atoms with E-state index in [9.17, 15) is 0 Å². The van der Waals surface area contributed by atoms with Gasteiger partial charge >= 0.3 is 0 Å². The van der Waals surface area contributed by atoms with Crippen LogP contribution < -0.4 is 5.32 Å². The maximum atomic E-state index is 3.60. The summed E-state index contributed by atoms with van der Waals surface area (Å²) in [6, 6.07) is 2.43. The van der Waals surface area contributed by atoms with Crippen molar-refractivity contribution in [3.05, 3.63) is 21.4 Å². The Hall–Kier alpha value is -0.0300. The van der Waals surface area contributed by atoms with Gasteiger partial charge in [0, 0.05) is 35.1 Å². The molecule has 1 aromatic heterocycles. The molecule has 0 saturated carbocycles. The Balaban J connectivity index is 1.41. The van der Waals surface area contributed by atoms with Crippen molar-refractivity contribution in [2.24, 2.45) is 0 Å². The Morgan fingerprint density at radius 1 is 1.28 bits per heavy atom. The van der Waals surface area contributed by atoms with Gasteiger partial charge in [0.25, 0.3) is 0 Å². The average molecular weight is 282 g/mol. The van der Waals surface area contributed by atoms with Crippen LogP contribution in [0.5, 0.6) is 0 Å². The number of thiophene rings is 1. The molecule has 1 N–H and O–H groups in total. The summed E-state index contributed by atoms with van der Waals surface area (Å²) in [6.07, 6.45) is 4.09. The second-order valence-electron chi connectivity index (χ2n) is 5.19. The molecule has 0 bridgehead atoms. The van der Waals surface area contributed by atoms with Gasteiger partial charge in [-0.25, -0.2) is 0 Å². The molecule has 100 valence electrons. The van der Waals surface area contributed by atoms with Crippen LogP contribution in [0.1, 0.15) is 28.2 Å². The zero-order chi connectivity index (χ0) is 12.2. The molecule has 1 aromatic rings. The lowest BCUT2D eigenvalue weighted by Gasteiger charge is -2.14. The van der Waals surface area contributed by atoms with Crippen LogP contribution in [0.4, 0.5) is 0 Å². The predicted octanol–water partition coefficient (Wildman–Crippen LogP) is 2.72. The van der Waals surface area contributed by atoms with Crippen LogP contribution in [0.2, 0.25) is 0 Å². The number of fused-ring (bicyclic) bond motifs is 1. The normalized spacial score (nSPS) is 20.2. The monoisotopic (exact) mass is 282 g/mol. The van der Waals surface area contributed by atoms with E-state index < -0.39 is 0 Å². The Bertz CT molecular complexity index is 360. The maximum Gasteiger partial charge on any atom is 0.0300 e. The van der Waals surface area contributed by atoms with Crippen molar-refractivity contribution in [1.82, 2.24) is 10.2 Å². The summed E-state index contributed by atoms with van der Waals surface area (Å²) >= 11 is 4.10. The van der Waals surface area contributed by atoms with Gasteiger partial charge in [0.15, 0.2) is 0 Å². The minimum atomic E-state index is 1.07. The number of aryl methyl sites for hydroxylation is 1. The highest BCUT2D eigenvalue weighted by molar-refractivity contribution is 7.98. The minimum Gasteiger partial charge on any atom is -0.311 e. The van der Waals surface area contributed by atoms with E-state index in [1.807, 2.05) is 11.3 Å². The van der Waals surface area contributed by atoms with Gasteiger partial charge in [-0.2, -0.15) is 11.8 Å². The van der Waals surface area contributed by atoms with Crippen LogP contribution in [0.15, 0.2) is 6.07 Å².